The summed E-state index contributed by atoms with van der Waals surface area (Å²) in [6.07, 6.45) is 6.71. The van der Waals surface area contributed by atoms with Gasteiger partial charge in [0.2, 0.25) is 5.91 Å². The fraction of sp³-hybridized carbons (Fsp3) is 0.522. The summed E-state index contributed by atoms with van der Waals surface area (Å²) >= 11 is 0. The Kier molecular flexibility index (Phi) is 5.35. The molecule has 0 saturated heterocycles. The highest BCUT2D eigenvalue weighted by atomic mass is 16.3. The zero-order valence-electron chi connectivity index (χ0n) is 16.0. The fourth-order valence-electron chi connectivity index (χ4n) is 5.12. The third-order valence-corrected chi connectivity index (χ3v) is 6.60. The first-order valence-electron chi connectivity index (χ1n) is 10.1. The van der Waals surface area contributed by atoms with Crippen LogP contribution in [0.2, 0.25) is 0 Å². The maximum atomic E-state index is 13.0. The Morgan fingerprint density at radius 1 is 1.11 bits per heavy atom. The van der Waals surface area contributed by atoms with E-state index in [9.17, 15) is 9.90 Å². The Morgan fingerprint density at radius 3 is 2.44 bits per heavy atom. The number of rotatable bonds is 6. The van der Waals surface area contributed by atoms with Gasteiger partial charge in [0.1, 0.15) is 5.76 Å². The molecule has 1 aromatic heterocycles. The summed E-state index contributed by atoms with van der Waals surface area (Å²) in [4.78, 5) is 15.0. The molecule has 0 bridgehead atoms. The monoisotopic (exact) mass is 367 g/mol. The van der Waals surface area contributed by atoms with E-state index in [2.05, 4.69) is 12.1 Å². The molecule has 2 aliphatic carbocycles. The number of carbonyl (C=O) groups is 1. The summed E-state index contributed by atoms with van der Waals surface area (Å²) in [6, 6.07) is 14.5. The topological polar surface area (TPSA) is 53.7 Å². The molecule has 4 heteroatoms. The predicted molar refractivity (Wildman–Crippen MR) is 104 cm³/mol. The van der Waals surface area contributed by atoms with Crippen molar-refractivity contribution in [3.8, 4) is 0 Å². The van der Waals surface area contributed by atoms with E-state index in [0.717, 1.165) is 37.9 Å². The van der Waals surface area contributed by atoms with Gasteiger partial charge in [0, 0.05) is 25.4 Å². The van der Waals surface area contributed by atoms with E-state index in [1.165, 1.54) is 5.56 Å². The standard InChI is InChI=1S/C23H29NO3/c1-24(20-11-17-13-21(25)14-18(17)12-20)23(26)15-19(22-8-5-9-27-22)10-16-6-3-2-4-7-16/h2-9,17-21,25H,10-15H2,1H3/t17-,18+,19?,20?,21?. The van der Waals surface area contributed by atoms with Crippen LogP contribution in [0.15, 0.2) is 53.1 Å². The molecule has 27 heavy (non-hydrogen) atoms. The highest BCUT2D eigenvalue weighted by Gasteiger charge is 2.43. The molecule has 1 amide bonds. The summed E-state index contributed by atoms with van der Waals surface area (Å²) in [7, 11) is 1.95. The van der Waals surface area contributed by atoms with Crippen LogP contribution in [0.25, 0.3) is 0 Å². The lowest BCUT2D eigenvalue weighted by molar-refractivity contribution is -0.132. The minimum atomic E-state index is -0.129. The van der Waals surface area contributed by atoms with Crippen LogP contribution in [0, 0.1) is 11.8 Å². The summed E-state index contributed by atoms with van der Waals surface area (Å²) in [5.41, 5.74) is 1.22. The molecule has 1 aromatic carbocycles. The Labute approximate surface area is 161 Å². The SMILES string of the molecule is CN(C(=O)CC(Cc1ccccc1)c1ccco1)C1C[C@H]2CC(O)C[C@H]2C1. The molecule has 2 aromatic rings. The lowest BCUT2D eigenvalue weighted by atomic mass is 9.93. The third-order valence-electron chi connectivity index (χ3n) is 6.60. The molecule has 3 unspecified atom stereocenters. The zero-order chi connectivity index (χ0) is 18.8. The molecule has 0 radical (unpaired) electrons. The number of amides is 1. The molecule has 4 rings (SSSR count). The number of aliphatic hydroxyl groups excluding tert-OH is 1. The van der Waals surface area contributed by atoms with E-state index < -0.39 is 0 Å². The van der Waals surface area contributed by atoms with E-state index in [4.69, 9.17) is 4.42 Å². The van der Waals surface area contributed by atoms with Crippen molar-refractivity contribution < 1.29 is 14.3 Å². The van der Waals surface area contributed by atoms with Crippen LogP contribution < -0.4 is 0 Å². The van der Waals surface area contributed by atoms with Crippen LogP contribution in [0.1, 0.15) is 49.3 Å². The normalized spacial score (nSPS) is 28.1. The number of benzene rings is 1. The number of carbonyl (C=O) groups excluding carboxylic acids is 1. The van der Waals surface area contributed by atoms with Crippen LogP contribution in [0.5, 0.6) is 0 Å². The number of nitrogens with zero attached hydrogens (tertiary/aromatic N) is 1. The van der Waals surface area contributed by atoms with Crippen molar-refractivity contribution in [1.29, 1.82) is 0 Å². The van der Waals surface area contributed by atoms with Crippen molar-refractivity contribution in [2.75, 3.05) is 7.05 Å². The highest BCUT2D eigenvalue weighted by Crippen LogP contribution is 2.45. The molecule has 0 spiro atoms. The molecule has 2 fully saturated rings. The van der Waals surface area contributed by atoms with Gasteiger partial charge in [-0.1, -0.05) is 30.3 Å². The first-order chi connectivity index (χ1) is 13.1. The van der Waals surface area contributed by atoms with Crippen molar-refractivity contribution in [3.05, 3.63) is 60.1 Å². The summed E-state index contributed by atoms with van der Waals surface area (Å²) in [6.45, 7) is 0. The highest BCUT2D eigenvalue weighted by molar-refractivity contribution is 5.77. The lowest BCUT2D eigenvalue weighted by Gasteiger charge is -2.27. The Hall–Kier alpha value is -2.07. The smallest absolute Gasteiger partial charge is 0.223 e. The molecule has 2 saturated carbocycles. The molecule has 5 atom stereocenters. The molecule has 2 aliphatic rings. The Bertz CT molecular complexity index is 728. The molecule has 144 valence electrons. The van der Waals surface area contributed by atoms with Crippen molar-refractivity contribution in [2.24, 2.45) is 11.8 Å². The van der Waals surface area contributed by atoms with Crippen LogP contribution in [-0.4, -0.2) is 35.1 Å². The van der Waals surface area contributed by atoms with Gasteiger partial charge in [-0.2, -0.15) is 0 Å². The van der Waals surface area contributed by atoms with Crippen molar-refractivity contribution in [2.45, 2.75) is 56.6 Å². The van der Waals surface area contributed by atoms with Crippen LogP contribution in [-0.2, 0) is 11.2 Å². The van der Waals surface area contributed by atoms with Gasteiger partial charge >= 0.3 is 0 Å². The first-order valence-corrected chi connectivity index (χ1v) is 10.1. The van der Waals surface area contributed by atoms with Gasteiger partial charge in [-0.3, -0.25) is 4.79 Å². The van der Waals surface area contributed by atoms with E-state index in [0.29, 0.717) is 24.3 Å². The molecular weight excluding hydrogens is 338 g/mol. The van der Waals surface area contributed by atoms with Crippen molar-refractivity contribution >= 4 is 5.91 Å². The molecule has 0 aliphatic heterocycles. The van der Waals surface area contributed by atoms with Gasteiger partial charge in [0.25, 0.3) is 0 Å². The van der Waals surface area contributed by atoms with Crippen molar-refractivity contribution in [1.82, 2.24) is 4.90 Å². The average molecular weight is 367 g/mol. The molecular formula is C23H29NO3. The Morgan fingerprint density at radius 2 is 1.81 bits per heavy atom. The van der Waals surface area contributed by atoms with Crippen LogP contribution in [0.4, 0.5) is 0 Å². The lowest BCUT2D eigenvalue weighted by Crippen LogP contribution is -2.36. The minimum absolute atomic E-state index is 0.0556. The number of fused-ring (bicyclic) bond motifs is 1. The fourth-order valence-corrected chi connectivity index (χ4v) is 5.12. The van der Waals surface area contributed by atoms with E-state index in [-0.39, 0.29) is 17.9 Å². The number of hydrogen-bond donors (Lipinski definition) is 1. The van der Waals surface area contributed by atoms with Gasteiger partial charge in [0.05, 0.1) is 12.4 Å². The second-order valence-corrected chi connectivity index (χ2v) is 8.38. The first kappa shape index (κ1) is 18.3. The predicted octanol–water partition coefficient (Wildman–Crippen LogP) is 4.00. The summed E-state index contributed by atoms with van der Waals surface area (Å²) in [5.74, 6) is 2.31. The number of hydrogen-bond acceptors (Lipinski definition) is 3. The number of furan rings is 1. The summed E-state index contributed by atoms with van der Waals surface area (Å²) in [5, 5.41) is 9.84. The largest absolute Gasteiger partial charge is 0.469 e. The average Bonchev–Trinajstić information content (AvgIpc) is 3.37. The maximum absolute atomic E-state index is 13.0. The summed E-state index contributed by atoms with van der Waals surface area (Å²) < 4.78 is 5.65. The van der Waals surface area contributed by atoms with Crippen LogP contribution >= 0.6 is 0 Å². The van der Waals surface area contributed by atoms with Gasteiger partial charge in [-0.05, 0) is 61.6 Å². The van der Waals surface area contributed by atoms with Gasteiger partial charge in [-0.15, -0.1) is 0 Å². The van der Waals surface area contributed by atoms with Gasteiger partial charge in [0.15, 0.2) is 0 Å². The van der Waals surface area contributed by atoms with E-state index in [1.807, 2.05) is 42.3 Å². The second kappa shape index (κ2) is 7.89. The maximum Gasteiger partial charge on any atom is 0.223 e. The van der Waals surface area contributed by atoms with Crippen molar-refractivity contribution in [3.63, 3.8) is 0 Å². The zero-order valence-corrected chi connectivity index (χ0v) is 16.0. The van der Waals surface area contributed by atoms with Gasteiger partial charge < -0.3 is 14.4 Å². The van der Waals surface area contributed by atoms with E-state index in [1.54, 1.807) is 6.26 Å². The van der Waals surface area contributed by atoms with Crippen LogP contribution in [0.3, 0.4) is 0 Å². The van der Waals surface area contributed by atoms with E-state index >= 15 is 0 Å². The minimum Gasteiger partial charge on any atom is -0.469 e. The quantitative estimate of drug-likeness (QED) is 0.839. The molecule has 1 N–H and O–H groups in total. The molecule has 1 heterocycles. The van der Waals surface area contributed by atoms with Gasteiger partial charge in [-0.25, -0.2) is 0 Å². The number of aliphatic hydroxyl groups is 1. The Balaban J connectivity index is 1.41. The second-order valence-electron chi connectivity index (χ2n) is 8.38. The third kappa shape index (κ3) is 4.11. The molecule has 4 nitrogen and oxygen atoms in total.